The standard InChI is InChI=1S/C17H21NO6/c1-17(2,3)24-16(21)18-7-11(12(8-18)15(19)20)10-4-5-13-14(6-10)23-9-22-13/h4-6,11-12H,7-9H2,1-3H3,(H,19,20)/t11-,12-/m0/s1. The minimum atomic E-state index is -0.927. The fraction of sp³-hybridized carbons (Fsp3) is 0.529. The zero-order chi connectivity index (χ0) is 17.5. The van der Waals surface area contributed by atoms with Gasteiger partial charge in [-0.3, -0.25) is 4.79 Å². The molecule has 3 rings (SSSR count). The summed E-state index contributed by atoms with van der Waals surface area (Å²) in [5, 5.41) is 9.54. The van der Waals surface area contributed by atoms with Gasteiger partial charge in [0.25, 0.3) is 0 Å². The summed E-state index contributed by atoms with van der Waals surface area (Å²) in [5.41, 5.74) is 0.199. The van der Waals surface area contributed by atoms with Gasteiger partial charge in [-0.25, -0.2) is 4.79 Å². The van der Waals surface area contributed by atoms with Gasteiger partial charge in [-0.15, -0.1) is 0 Å². The molecule has 1 aromatic rings. The van der Waals surface area contributed by atoms with Crippen molar-refractivity contribution in [2.24, 2.45) is 5.92 Å². The molecule has 0 unspecified atom stereocenters. The number of fused-ring (bicyclic) bond motifs is 1. The van der Waals surface area contributed by atoms with Crippen LogP contribution in [0.4, 0.5) is 4.79 Å². The summed E-state index contributed by atoms with van der Waals surface area (Å²) in [7, 11) is 0. The quantitative estimate of drug-likeness (QED) is 0.893. The number of ether oxygens (including phenoxy) is 3. The van der Waals surface area contributed by atoms with Crippen LogP contribution in [0.3, 0.4) is 0 Å². The van der Waals surface area contributed by atoms with Crippen LogP contribution in [0.1, 0.15) is 32.3 Å². The molecule has 1 amide bonds. The van der Waals surface area contributed by atoms with E-state index in [4.69, 9.17) is 14.2 Å². The summed E-state index contributed by atoms with van der Waals surface area (Å²) < 4.78 is 16.0. The molecule has 1 aromatic carbocycles. The summed E-state index contributed by atoms with van der Waals surface area (Å²) in [6.07, 6.45) is -0.489. The number of aliphatic carboxylic acids is 1. The van der Waals surface area contributed by atoms with Gasteiger partial charge in [0.1, 0.15) is 5.60 Å². The Balaban J connectivity index is 1.81. The summed E-state index contributed by atoms with van der Waals surface area (Å²) in [5.74, 6) is -0.675. The van der Waals surface area contributed by atoms with Crippen molar-refractivity contribution < 1.29 is 28.9 Å². The van der Waals surface area contributed by atoms with Crippen LogP contribution in [0, 0.1) is 5.92 Å². The lowest BCUT2D eigenvalue weighted by molar-refractivity contribution is -0.141. The van der Waals surface area contributed by atoms with E-state index in [2.05, 4.69) is 0 Å². The molecule has 0 saturated carbocycles. The van der Waals surface area contributed by atoms with Crippen LogP contribution in [-0.2, 0) is 9.53 Å². The van der Waals surface area contributed by atoms with Gasteiger partial charge >= 0.3 is 12.1 Å². The molecule has 1 saturated heterocycles. The lowest BCUT2D eigenvalue weighted by Gasteiger charge is -2.24. The first-order valence-corrected chi connectivity index (χ1v) is 7.85. The Labute approximate surface area is 140 Å². The van der Waals surface area contributed by atoms with Crippen LogP contribution >= 0.6 is 0 Å². The number of carbonyl (C=O) groups is 2. The molecule has 0 radical (unpaired) electrons. The number of carboxylic acids is 1. The van der Waals surface area contributed by atoms with Gasteiger partial charge in [0.05, 0.1) is 5.92 Å². The lowest BCUT2D eigenvalue weighted by atomic mass is 9.89. The minimum absolute atomic E-state index is 0.128. The van der Waals surface area contributed by atoms with Crippen molar-refractivity contribution in [2.75, 3.05) is 19.9 Å². The number of hydrogen-bond donors (Lipinski definition) is 1. The van der Waals surface area contributed by atoms with E-state index in [1.54, 1.807) is 32.9 Å². The molecule has 130 valence electrons. The Hall–Kier alpha value is -2.44. The van der Waals surface area contributed by atoms with Crippen molar-refractivity contribution in [1.82, 2.24) is 4.90 Å². The fourth-order valence-corrected chi connectivity index (χ4v) is 3.01. The topological polar surface area (TPSA) is 85.3 Å². The Morgan fingerprint density at radius 3 is 2.58 bits per heavy atom. The third-order valence-corrected chi connectivity index (χ3v) is 4.11. The van der Waals surface area contributed by atoms with Crippen molar-refractivity contribution >= 4 is 12.1 Å². The molecule has 2 heterocycles. The SMILES string of the molecule is CC(C)(C)OC(=O)N1C[C@H](C(=O)O)[C@H](c2ccc3c(c2)OCO3)C1. The van der Waals surface area contributed by atoms with Gasteiger partial charge in [0, 0.05) is 19.0 Å². The average molecular weight is 335 g/mol. The molecule has 2 aliphatic heterocycles. The molecule has 0 spiro atoms. The van der Waals surface area contributed by atoms with E-state index < -0.39 is 23.6 Å². The summed E-state index contributed by atoms with van der Waals surface area (Å²) in [4.78, 5) is 25.4. The summed E-state index contributed by atoms with van der Waals surface area (Å²) in [6.45, 7) is 5.94. The number of amides is 1. The number of carboxylic acid groups (broad SMARTS) is 1. The number of likely N-dealkylation sites (tertiary alicyclic amines) is 1. The molecule has 2 aliphatic rings. The van der Waals surface area contributed by atoms with Crippen LogP contribution in [0.25, 0.3) is 0 Å². The van der Waals surface area contributed by atoms with E-state index in [9.17, 15) is 14.7 Å². The molecule has 1 fully saturated rings. The summed E-state index contributed by atoms with van der Waals surface area (Å²) >= 11 is 0. The van der Waals surface area contributed by atoms with E-state index in [1.807, 2.05) is 6.07 Å². The second kappa shape index (κ2) is 5.89. The Morgan fingerprint density at radius 2 is 1.92 bits per heavy atom. The first-order valence-electron chi connectivity index (χ1n) is 7.85. The zero-order valence-corrected chi connectivity index (χ0v) is 13.9. The highest BCUT2D eigenvalue weighted by Crippen LogP contribution is 2.39. The maximum Gasteiger partial charge on any atom is 0.410 e. The first kappa shape index (κ1) is 16.4. The van der Waals surface area contributed by atoms with E-state index in [-0.39, 0.29) is 19.3 Å². The van der Waals surface area contributed by atoms with Gasteiger partial charge in [-0.2, -0.15) is 0 Å². The zero-order valence-electron chi connectivity index (χ0n) is 13.9. The maximum atomic E-state index is 12.3. The summed E-state index contributed by atoms with van der Waals surface area (Å²) in [6, 6.07) is 5.39. The Kier molecular flexibility index (Phi) is 4.03. The number of carbonyl (C=O) groups excluding carboxylic acids is 1. The largest absolute Gasteiger partial charge is 0.481 e. The highest BCUT2D eigenvalue weighted by atomic mass is 16.7. The molecule has 24 heavy (non-hydrogen) atoms. The van der Waals surface area contributed by atoms with Gasteiger partial charge < -0.3 is 24.2 Å². The number of benzene rings is 1. The monoisotopic (exact) mass is 335 g/mol. The maximum absolute atomic E-state index is 12.3. The van der Waals surface area contributed by atoms with E-state index in [0.717, 1.165) is 5.56 Å². The molecule has 7 heteroatoms. The van der Waals surface area contributed by atoms with Gasteiger partial charge in [0.2, 0.25) is 6.79 Å². The van der Waals surface area contributed by atoms with Gasteiger partial charge in [-0.05, 0) is 38.5 Å². The highest BCUT2D eigenvalue weighted by Gasteiger charge is 2.42. The second-order valence-corrected chi connectivity index (χ2v) is 7.05. The molecule has 1 N–H and O–H groups in total. The second-order valence-electron chi connectivity index (χ2n) is 7.05. The van der Waals surface area contributed by atoms with Crippen LogP contribution in [0.2, 0.25) is 0 Å². The molecular formula is C17H21NO6. The molecule has 7 nitrogen and oxygen atoms in total. The van der Waals surface area contributed by atoms with Crippen LogP contribution in [0.15, 0.2) is 18.2 Å². The predicted octanol–water partition coefficient (Wildman–Crippen LogP) is 2.45. The van der Waals surface area contributed by atoms with Crippen LogP contribution in [0.5, 0.6) is 11.5 Å². The van der Waals surface area contributed by atoms with Crippen molar-refractivity contribution in [2.45, 2.75) is 32.3 Å². The van der Waals surface area contributed by atoms with Gasteiger partial charge in [0.15, 0.2) is 11.5 Å². The van der Waals surface area contributed by atoms with Crippen molar-refractivity contribution in [1.29, 1.82) is 0 Å². The normalized spacial score (nSPS) is 22.5. The molecule has 0 aromatic heterocycles. The van der Waals surface area contributed by atoms with Gasteiger partial charge in [-0.1, -0.05) is 6.07 Å². The van der Waals surface area contributed by atoms with Crippen LogP contribution < -0.4 is 9.47 Å². The van der Waals surface area contributed by atoms with E-state index in [0.29, 0.717) is 18.0 Å². The van der Waals surface area contributed by atoms with E-state index in [1.165, 1.54) is 4.90 Å². The highest BCUT2D eigenvalue weighted by molar-refractivity contribution is 5.76. The third kappa shape index (κ3) is 3.25. The van der Waals surface area contributed by atoms with E-state index >= 15 is 0 Å². The smallest absolute Gasteiger partial charge is 0.410 e. The molecule has 2 atom stereocenters. The third-order valence-electron chi connectivity index (χ3n) is 4.11. The first-order chi connectivity index (χ1) is 11.2. The Morgan fingerprint density at radius 1 is 1.21 bits per heavy atom. The number of rotatable bonds is 2. The van der Waals surface area contributed by atoms with Crippen molar-refractivity contribution in [3.63, 3.8) is 0 Å². The lowest BCUT2D eigenvalue weighted by Crippen LogP contribution is -2.35. The molecular weight excluding hydrogens is 314 g/mol. The van der Waals surface area contributed by atoms with Crippen molar-refractivity contribution in [3.05, 3.63) is 23.8 Å². The van der Waals surface area contributed by atoms with Crippen LogP contribution in [-0.4, -0.2) is 47.6 Å². The average Bonchev–Trinajstić information content (AvgIpc) is 3.11. The molecule has 0 aliphatic carbocycles. The fourth-order valence-electron chi connectivity index (χ4n) is 3.01. The number of nitrogens with zero attached hydrogens (tertiary/aromatic N) is 1. The Bertz CT molecular complexity index is 666. The van der Waals surface area contributed by atoms with Crippen molar-refractivity contribution in [3.8, 4) is 11.5 Å². The molecule has 0 bridgehead atoms. The predicted molar refractivity (Wildman–Crippen MR) is 84.2 cm³/mol. The minimum Gasteiger partial charge on any atom is -0.481 e. The number of hydrogen-bond acceptors (Lipinski definition) is 5.